The molecule has 3 rings (SSSR count). The van der Waals surface area contributed by atoms with E-state index in [-0.39, 0.29) is 5.69 Å². The van der Waals surface area contributed by atoms with Crippen molar-refractivity contribution < 1.29 is 9.66 Å². The van der Waals surface area contributed by atoms with E-state index in [4.69, 9.17) is 4.74 Å². The van der Waals surface area contributed by atoms with Gasteiger partial charge < -0.3 is 4.74 Å². The van der Waals surface area contributed by atoms with Crippen LogP contribution in [0.3, 0.4) is 0 Å². The monoisotopic (exact) mass is 255 g/mol. The molecule has 2 aromatic carbocycles. The average molecular weight is 255 g/mol. The highest BCUT2D eigenvalue weighted by atomic mass is 16.6. The maximum atomic E-state index is 10.6. The van der Waals surface area contributed by atoms with Crippen molar-refractivity contribution in [2.45, 2.75) is 18.8 Å². The van der Waals surface area contributed by atoms with Crippen molar-refractivity contribution in [2.24, 2.45) is 0 Å². The normalized spacial score (nSPS) is 14.1. The van der Waals surface area contributed by atoms with Gasteiger partial charge in [0.25, 0.3) is 5.69 Å². The summed E-state index contributed by atoms with van der Waals surface area (Å²) in [4.78, 5) is 10.2. The Balaban J connectivity index is 1.83. The van der Waals surface area contributed by atoms with Crippen molar-refractivity contribution in [3.05, 3.63) is 64.2 Å². The van der Waals surface area contributed by atoms with Crippen LogP contribution in [0.2, 0.25) is 0 Å². The fourth-order valence-corrected chi connectivity index (χ4v) is 2.07. The number of nitro groups is 1. The minimum atomic E-state index is -0.415. The number of non-ortho nitro benzene ring substituents is 1. The lowest BCUT2D eigenvalue weighted by atomic mass is 10.1. The van der Waals surface area contributed by atoms with Gasteiger partial charge in [-0.1, -0.05) is 18.2 Å². The molecule has 0 heterocycles. The van der Waals surface area contributed by atoms with Gasteiger partial charge in [-0.05, 0) is 42.5 Å². The third-order valence-corrected chi connectivity index (χ3v) is 3.21. The summed E-state index contributed by atoms with van der Waals surface area (Å²) in [5.41, 5.74) is 1.30. The Kier molecular flexibility index (Phi) is 2.91. The Morgan fingerprint density at radius 2 is 1.74 bits per heavy atom. The summed E-state index contributed by atoms with van der Waals surface area (Å²) < 4.78 is 5.82. The number of nitro benzene ring substituents is 1. The lowest BCUT2D eigenvalue weighted by Crippen LogP contribution is -1.91. The molecular weight excluding hydrogens is 242 g/mol. The van der Waals surface area contributed by atoms with E-state index in [1.54, 1.807) is 12.1 Å². The van der Waals surface area contributed by atoms with Gasteiger partial charge in [0.1, 0.15) is 11.5 Å². The fourth-order valence-electron chi connectivity index (χ4n) is 2.07. The summed E-state index contributed by atoms with van der Waals surface area (Å²) in [5, 5.41) is 10.6. The predicted molar refractivity (Wildman–Crippen MR) is 71.6 cm³/mol. The van der Waals surface area contributed by atoms with Gasteiger partial charge in [0.15, 0.2) is 0 Å². The lowest BCUT2D eigenvalue weighted by Gasteiger charge is -2.10. The molecule has 4 nitrogen and oxygen atoms in total. The molecule has 1 aliphatic carbocycles. The van der Waals surface area contributed by atoms with Crippen molar-refractivity contribution in [3.63, 3.8) is 0 Å². The first-order chi connectivity index (χ1) is 9.24. The van der Waals surface area contributed by atoms with E-state index in [1.807, 2.05) is 18.2 Å². The summed E-state index contributed by atoms with van der Waals surface area (Å²) in [6, 6.07) is 14.1. The molecule has 0 amide bonds. The summed E-state index contributed by atoms with van der Waals surface area (Å²) >= 11 is 0. The second-order valence-corrected chi connectivity index (χ2v) is 4.67. The molecule has 4 heteroatoms. The van der Waals surface area contributed by atoms with Gasteiger partial charge in [0.2, 0.25) is 0 Å². The second kappa shape index (κ2) is 4.72. The van der Waals surface area contributed by atoms with Gasteiger partial charge in [-0.2, -0.15) is 0 Å². The van der Waals surface area contributed by atoms with Crippen LogP contribution in [0, 0.1) is 10.1 Å². The third kappa shape index (κ3) is 2.57. The quantitative estimate of drug-likeness (QED) is 0.605. The van der Waals surface area contributed by atoms with Crippen LogP contribution in [0.5, 0.6) is 11.5 Å². The zero-order chi connectivity index (χ0) is 13.2. The third-order valence-electron chi connectivity index (χ3n) is 3.21. The smallest absolute Gasteiger partial charge is 0.269 e. The number of para-hydroxylation sites is 1. The van der Waals surface area contributed by atoms with Crippen molar-refractivity contribution in [1.82, 2.24) is 0 Å². The molecule has 0 aromatic heterocycles. The van der Waals surface area contributed by atoms with Gasteiger partial charge in [0.05, 0.1) is 4.92 Å². The van der Waals surface area contributed by atoms with E-state index in [1.165, 1.54) is 30.5 Å². The van der Waals surface area contributed by atoms with E-state index in [0.717, 1.165) is 5.75 Å². The number of rotatable bonds is 4. The van der Waals surface area contributed by atoms with Crippen molar-refractivity contribution >= 4 is 5.69 Å². The van der Waals surface area contributed by atoms with E-state index in [9.17, 15) is 10.1 Å². The first-order valence-corrected chi connectivity index (χ1v) is 6.25. The Hall–Kier alpha value is -2.36. The maximum Gasteiger partial charge on any atom is 0.269 e. The SMILES string of the molecule is O=[N+]([O-])c1ccc(Oc2ccccc2C2CC2)cc1. The maximum absolute atomic E-state index is 10.6. The topological polar surface area (TPSA) is 52.4 Å². The summed E-state index contributed by atoms with van der Waals surface area (Å²) in [5.74, 6) is 2.08. The molecule has 0 spiro atoms. The Morgan fingerprint density at radius 3 is 2.37 bits per heavy atom. The number of hydrogen-bond donors (Lipinski definition) is 0. The number of ether oxygens (including phenoxy) is 1. The molecule has 1 saturated carbocycles. The standard InChI is InChI=1S/C15H13NO3/c17-16(18)12-7-9-13(10-8-12)19-15-4-2-1-3-14(15)11-5-6-11/h1-4,7-11H,5-6H2. The highest BCUT2D eigenvalue weighted by Gasteiger charge is 2.26. The molecule has 0 bridgehead atoms. The van der Waals surface area contributed by atoms with Crippen LogP contribution in [0.25, 0.3) is 0 Å². The van der Waals surface area contributed by atoms with E-state index in [2.05, 4.69) is 6.07 Å². The van der Waals surface area contributed by atoms with E-state index >= 15 is 0 Å². The molecule has 2 aromatic rings. The minimum absolute atomic E-state index is 0.0721. The number of hydrogen-bond acceptors (Lipinski definition) is 3. The summed E-state index contributed by atoms with van der Waals surface area (Å²) in [6.45, 7) is 0. The molecule has 0 atom stereocenters. The second-order valence-electron chi connectivity index (χ2n) is 4.67. The molecule has 19 heavy (non-hydrogen) atoms. The molecule has 0 aliphatic heterocycles. The van der Waals surface area contributed by atoms with Crippen LogP contribution in [0.15, 0.2) is 48.5 Å². The average Bonchev–Trinajstić information content (AvgIpc) is 3.24. The Labute approximate surface area is 110 Å². The molecule has 0 unspecified atom stereocenters. The molecular formula is C15H13NO3. The van der Waals surface area contributed by atoms with E-state index < -0.39 is 4.92 Å². The van der Waals surface area contributed by atoms with Crippen molar-refractivity contribution in [2.75, 3.05) is 0 Å². The van der Waals surface area contributed by atoms with Crippen LogP contribution in [0.4, 0.5) is 5.69 Å². The summed E-state index contributed by atoms with van der Waals surface area (Å²) in [7, 11) is 0. The zero-order valence-electron chi connectivity index (χ0n) is 10.3. The first-order valence-electron chi connectivity index (χ1n) is 6.25. The van der Waals surface area contributed by atoms with Crippen molar-refractivity contribution in [1.29, 1.82) is 0 Å². The summed E-state index contributed by atoms with van der Waals surface area (Å²) in [6.07, 6.45) is 2.42. The van der Waals surface area contributed by atoms with Crippen LogP contribution < -0.4 is 4.74 Å². The molecule has 96 valence electrons. The highest BCUT2D eigenvalue weighted by molar-refractivity contribution is 5.43. The molecule has 0 radical (unpaired) electrons. The number of benzene rings is 2. The largest absolute Gasteiger partial charge is 0.457 e. The molecule has 0 saturated heterocycles. The van der Waals surface area contributed by atoms with Gasteiger partial charge >= 0.3 is 0 Å². The van der Waals surface area contributed by atoms with E-state index in [0.29, 0.717) is 11.7 Å². The van der Waals surface area contributed by atoms with Crippen LogP contribution >= 0.6 is 0 Å². The lowest BCUT2D eigenvalue weighted by molar-refractivity contribution is -0.384. The molecule has 0 N–H and O–H groups in total. The molecule has 1 fully saturated rings. The minimum Gasteiger partial charge on any atom is -0.457 e. The van der Waals surface area contributed by atoms with Crippen molar-refractivity contribution in [3.8, 4) is 11.5 Å². The van der Waals surface area contributed by atoms with Crippen LogP contribution in [-0.2, 0) is 0 Å². The van der Waals surface area contributed by atoms with Gasteiger partial charge in [-0.3, -0.25) is 10.1 Å². The van der Waals surface area contributed by atoms with Gasteiger partial charge in [0, 0.05) is 12.1 Å². The first kappa shape index (κ1) is 11.7. The van der Waals surface area contributed by atoms with Gasteiger partial charge in [-0.25, -0.2) is 0 Å². The fraction of sp³-hybridized carbons (Fsp3) is 0.200. The number of nitrogens with zero attached hydrogens (tertiary/aromatic N) is 1. The van der Waals surface area contributed by atoms with Crippen LogP contribution in [0.1, 0.15) is 24.3 Å². The Morgan fingerprint density at radius 1 is 1.05 bits per heavy atom. The van der Waals surface area contributed by atoms with Crippen LogP contribution in [-0.4, -0.2) is 4.92 Å². The van der Waals surface area contributed by atoms with Gasteiger partial charge in [-0.15, -0.1) is 0 Å². The highest BCUT2D eigenvalue weighted by Crippen LogP contribution is 2.45. The predicted octanol–water partition coefficient (Wildman–Crippen LogP) is 4.26. The Bertz CT molecular complexity index is 603. The molecule has 1 aliphatic rings. The zero-order valence-corrected chi connectivity index (χ0v) is 10.3.